The lowest BCUT2D eigenvalue weighted by molar-refractivity contribution is -0.127. The average Bonchev–Trinajstić information content (AvgIpc) is 2.48. The maximum absolute atomic E-state index is 11.8. The molecule has 0 aromatic heterocycles. The summed E-state index contributed by atoms with van der Waals surface area (Å²) in [6.07, 6.45) is 0. The molecule has 0 heterocycles. The van der Waals surface area contributed by atoms with Crippen molar-refractivity contribution < 1.29 is 9.59 Å². The Morgan fingerprint density at radius 1 is 1.29 bits per heavy atom. The largest absolute Gasteiger partial charge is 0.343 e. The van der Waals surface area contributed by atoms with E-state index in [1.54, 1.807) is 29.2 Å². The predicted molar refractivity (Wildman–Crippen MR) is 85.0 cm³/mol. The number of thioether (sulfide) groups is 1. The van der Waals surface area contributed by atoms with Crippen LogP contribution in [0.15, 0.2) is 24.3 Å². The van der Waals surface area contributed by atoms with Gasteiger partial charge in [0.25, 0.3) is 0 Å². The van der Waals surface area contributed by atoms with Gasteiger partial charge in [-0.05, 0) is 32.0 Å². The van der Waals surface area contributed by atoms with Crippen molar-refractivity contribution in [2.75, 3.05) is 29.9 Å². The number of carbonyl (C=O) groups is 2. The minimum absolute atomic E-state index is 0.0456. The van der Waals surface area contributed by atoms with Crippen LogP contribution in [0.5, 0.6) is 0 Å². The van der Waals surface area contributed by atoms with Gasteiger partial charge in [-0.3, -0.25) is 9.59 Å². The molecule has 0 saturated carbocycles. The first kappa shape index (κ1) is 17.1. The molecule has 0 atom stereocenters. The SMILES string of the molecule is CCN(CC)C(=O)CSCC(=O)Nc1cccc(C#N)c1. The van der Waals surface area contributed by atoms with Gasteiger partial charge in [0.1, 0.15) is 0 Å². The van der Waals surface area contributed by atoms with Crippen molar-refractivity contribution in [1.82, 2.24) is 4.90 Å². The number of nitrogens with zero attached hydrogens (tertiary/aromatic N) is 2. The summed E-state index contributed by atoms with van der Waals surface area (Å²) in [6.45, 7) is 5.23. The Balaban J connectivity index is 2.38. The number of amides is 2. The topological polar surface area (TPSA) is 73.2 Å². The zero-order chi connectivity index (χ0) is 15.7. The molecule has 0 spiro atoms. The number of hydrogen-bond donors (Lipinski definition) is 1. The molecule has 21 heavy (non-hydrogen) atoms. The van der Waals surface area contributed by atoms with Crippen molar-refractivity contribution in [1.29, 1.82) is 5.26 Å². The molecular weight excluding hydrogens is 286 g/mol. The van der Waals surface area contributed by atoms with Gasteiger partial charge in [-0.15, -0.1) is 11.8 Å². The van der Waals surface area contributed by atoms with Gasteiger partial charge < -0.3 is 10.2 Å². The molecule has 0 unspecified atom stereocenters. The van der Waals surface area contributed by atoms with Gasteiger partial charge in [-0.25, -0.2) is 0 Å². The molecule has 0 aliphatic carbocycles. The molecule has 1 aromatic rings. The van der Waals surface area contributed by atoms with Crippen LogP contribution in [0.2, 0.25) is 0 Å². The third-order valence-electron chi connectivity index (χ3n) is 2.85. The fourth-order valence-electron chi connectivity index (χ4n) is 1.76. The Bertz CT molecular complexity index is 536. The van der Waals surface area contributed by atoms with E-state index in [4.69, 9.17) is 5.26 Å². The molecule has 2 amide bonds. The number of rotatable bonds is 7. The second-order valence-electron chi connectivity index (χ2n) is 4.30. The maximum atomic E-state index is 11.8. The summed E-state index contributed by atoms with van der Waals surface area (Å²) in [4.78, 5) is 25.3. The number of hydrogen-bond acceptors (Lipinski definition) is 4. The summed E-state index contributed by atoms with van der Waals surface area (Å²) in [7, 11) is 0. The summed E-state index contributed by atoms with van der Waals surface area (Å²) < 4.78 is 0. The first-order valence-corrected chi connectivity index (χ1v) is 7.91. The quantitative estimate of drug-likeness (QED) is 0.837. The Kier molecular flexibility index (Phi) is 7.33. The van der Waals surface area contributed by atoms with Crippen LogP contribution >= 0.6 is 11.8 Å². The fourth-order valence-corrected chi connectivity index (χ4v) is 2.48. The molecule has 5 nitrogen and oxygen atoms in total. The van der Waals surface area contributed by atoms with Crippen molar-refractivity contribution in [2.24, 2.45) is 0 Å². The first-order chi connectivity index (χ1) is 10.1. The van der Waals surface area contributed by atoms with Gasteiger partial charge in [-0.2, -0.15) is 5.26 Å². The normalized spacial score (nSPS) is 9.76. The van der Waals surface area contributed by atoms with Crippen LogP contribution < -0.4 is 5.32 Å². The molecule has 1 rings (SSSR count). The number of nitriles is 1. The summed E-state index contributed by atoms with van der Waals surface area (Å²) >= 11 is 1.29. The van der Waals surface area contributed by atoms with E-state index in [0.717, 1.165) is 0 Å². The van der Waals surface area contributed by atoms with Crippen LogP contribution in [-0.4, -0.2) is 41.3 Å². The van der Waals surface area contributed by atoms with Crippen molar-refractivity contribution in [3.05, 3.63) is 29.8 Å². The van der Waals surface area contributed by atoms with E-state index in [1.807, 2.05) is 19.9 Å². The second kappa shape index (κ2) is 9.03. The molecule has 0 aliphatic rings. The third-order valence-corrected chi connectivity index (χ3v) is 3.77. The molecule has 0 aliphatic heterocycles. The Morgan fingerprint density at radius 3 is 2.62 bits per heavy atom. The predicted octanol–water partition coefficient (Wildman–Crippen LogP) is 2.10. The first-order valence-electron chi connectivity index (χ1n) is 6.76. The highest BCUT2D eigenvalue weighted by Crippen LogP contribution is 2.11. The van der Waals surface area contributed by atoms with E-state index in [0.29, 0.717) is 30.1 Å². The summed E-state index contributed by atoms with van der Waals surface area (Å²) in [5, 5.41) is 11.5. The molecule has 0 radical (unpaired) electrons. The number of carbonyl (C=O) groups excluding carboxylic acids is 2. The van der Waals surface area contributed by atoms with Gasteiger partial charge in [0.2, 0.25) is 11.8 Å². The lowest BCUT2D eigenvalue weighted by Crippen LogP contribution is -2.32. The summed E-state index contributed by atoms with van der Waals surface area (Å²) in [5.74, 6) is 0.378. The second-order valence-corrected chi connectivity index (χ2v) is 5.29. The number of anilines is 1. The van der Waals surface area contributed by atoms with E-state index in [9.17, 15) is 9.59 Å². The van der Waals surface area contributed by atoms with E-state index in [-0.39, 0.29) is 17.6 Å². The van der Waals surface area contributed by atoms with E-state index >= 15 is 0 Å². The van der Waals surface area contributed by atoms with Crippen LogP contribution in [0.25, 0.3) is 0 Å². The summed E-state index contributed by atoms with van der Waals surface area (Å²) in [5.41, 5.74) is 1.09. The highest BCUT2D eigenvalue weighted by molar-refractivity contribution is 8.00. The minimum atomic E-state index is -0.178. The van der Waals surface area contributed by atoms with Gasteiger partial charge in [0.05, 0.1) is 23.1 Å². The lowest BCUT2D eigenvalue weighted by atomic mass is 10.2. The molecule has 1 aromatic carbocycles. The molecular formula is C15H19N3O2S. The van der Waals surface area contributed by atoms with E-state index in [2.05, 4.69) is 5.32 Å². The van der Waals surface area contributed by atoms with Gasteiger partial charge >= 0.3 is 0 Å². The standard InChI is InChI=1S/C15H19N3O2S/c1-3-18(4-2)15(20)11-21-10-14(19)17-13-7-5-6-12(8-13)9-16/h5-8H,3-4,10-11H2,1-2H3,(H,17,19). The Hall–Kier alpha value is -2.00. The Labute approximate surface area is 129 Å². The van der Waals surface area contributed by atoms with Crippen LogP contribution in [0.1, 0.15) is 19.4 Å². The Morgan fingerprint density at radius 2 is 2.00 bits per heavy atom. The van der Waals surface area contributed by atoms with Crippen LogP contribution in [0.4, 0.5) is 5.69 Å². The summed E-state index contributed by atoms with van der Waals surface area (Å²) in [6, 6.07) is 8.75. The minimum Gasteiger partial charge on any atom is -0.343 e. The highest BCUT2D eigenvalue weighted by atomic mass is 32.2. The molecule has 6 heteroatoms. The average molecular weight is 305 g/mol. The lowest BCUT2D eigenvalue weighted by Gasteiger charge is -2.18. The fraction of sp³-hybridized carbons (Fsp3) is 0.400. The van der Waals surface area contributed by atoms with Crippen molar-refractivity contribution >= 4 is 29.3 Å². The number of benzene rings is 1. The number of nitrogens with one attached hydrogen (secondary N) is 1. The molecule has 1 N–H and O–H groups in total. The third kappa shape index (κ3) is 5.88. The van der Waals surface area contributed by atoms with Crippen molar-refractivity contribution in [3.8, 4) is 6.07 Å². The van der Waals surface area contributed by atoms with E-state index in [1.165, 1.54) is 11.8 Å². The zero-order valence-corrected chi connectivity index (χ0v) is 13.1. The molecule has 0 bridgehead atoms. The van der Waals surface area contributed by atoms with Gasteiger partial charge in [0.15, 0.2) is 0 Å². The van der Waals surface area contributed by atoms with Crippen LogP contribution in [0, 0.1) is 11.3 Å². The smallest absolute Gasteiger partial charge is 0.234 e. The monoisotopic (exact) mass is 305 g/mol. The maximum Gasteiger partial charge on any atom is 0.234 e. The molecule has 0 saturated heterocycles. The molecule has 112 valence electrons. The van der Waals surface area contributed by atoms with Crippen molar-refractivity contribution in [3.63, 3.8) is 0 Å². The van der Waals surface area contributed by atoms with Crippen LogP contribution in [0.3, 0.4) is 0 Å². The van der Waals surface area contributed by atoms with Crippen LogP contribution in [-0.2, 0) is 9.59 Å². The zero-order valence-electron chi connectivity index (χ0n) is 12.3. The van der Waals surface area contributed by atoms with Crippen molar-refractivity contribution in [2.45, 2.75) is 13.8 Å². The van der Waals surface area contributed by atoms with Gasteiger partial charge in [-0.1, -0.05) is 6.07 Å². The highest BCUT2D eigenvalue weighted by Gasteiger charge is 2.10. The molecule has 0 fully saturated rings. The van der Waals surface area contributed by atoms with Gasteiger partial charge in [0, 0.05) is 18.8 Å². The van der Waals surface area contributed by atoms with E-state index < -0.39 is 0 Å².